The van der Waals surface area contributed by atoms with Gasteiger partial charge in [0, 0.05) is 38.2 Å². The van der Waals surface area contributed by atoms with Gasteiger partial charge in [-0.1, -0.05) is 19.8 Å². The minimum atomic E-state index is -1.01. The summed E-state index contributed by atoms with van der Waals surface area (Å²) in [6.07, 6.45) is 3.11. The molecule has 1 N–H and O–H groups in total. The van der Waals surface area contributed by atoms with Crippen LogP contribution >= 0.6 is 0 Å². The number of benzene rings is 1. The Labute approximate surface area is 129 Å². The first-order valence-electron chi connectivity index (χ1n) is 7.44. The fourth-order valence-corrected chi connectivity index (χ4v) is 2.01. The van der Waals surface area contributed by atoms with E-state index in [1.54, 1.807) is 4.90 Å². The third-order valence-corrected chi connectivity index (χ3v) is 3.29. The zero-order chi connectivity index (χ0) is 16.5. The van der Waals surface area contributed by atoms with E-state index in [1.807, 2.05) is 0 Å². The molecule has 2 amide bonds. The van der Waals surface area contributed by atoms with Crippen molar-refractivity contribution in [3.63, 3.8) is 0 Å². The number of anilines is 1. The second-order valence-electron chi connectivity index (χ2n) is 5.14. The van der Waals surface area contributed by atoms with Crippen LogP contribution in [0.5, 0.6) is 0 Å². The van der Waals surface area contributed by atoms with Crippen molar-refractivity contribution >= 4 is 17.5 Å². The Balaban J connectivity index is 2.45. The van der Waals surface area contributed by atoms with Crippen molar-refractivity contribution in [3.8, 4) is 0 Å². The van der Waals surface area contributed by atoms with E-state index in [1.165, 1.54) is 13.0 Å². The fourth-order valence-electron chi connectivity index (χ4n) is 2.01. The van der Waals surface area contributed by atoms with Crippen LogP contribution in [0.15, 0.2) is 18.2 Å². The van der Waals surface area contributed by atoms with E-state index < -0.39 is 11.6 Å². The van der Waals surface area contributed by atoms with Crippen molar-refractivity contribution in [3.05, 3.63) is 29.8 Å². The molecule has 6 heteroatoms. The van der Waals surface area contributed by atoms with Gasteiger partial charge < -0.3 is 10.2 Å². The number of nitrogens with zero attached hydrogens (tertiary/aromatic N) is 1. The highest BCUT2D eigenvalue weighted by molar-refractivity contribution is 5.91. The lowest BCUT2D eigenvalue weighted by Gasteiger charge is -2.20. The first-order valence-corrected chi connectivity index (χ1v) is 7.44. The molecule has 4 nitrogen and oxygen atoms in total. The van der Waals surface area contributed by atoms with Crippen LogP contribution in [0.3, 0.4) is 0 Å². The molecule has 0 aliphatic rings. The maximum atomic E-state index is 13.0. The average Bonchev–Trinajstić information content (AvgIpc) is 2.46. The fraction of sp³-hybridized carbons (Fsp3) is 0.500. The molecule has 0 aliphatic heterocycles. The van der Waals surface area contributed by atoms with Gasteiger partial charge in [-0.05, 0) is 18.6 Å². The zero-order valence-electron chi connectivity index (χ0n) is 13.0. The van der Waals surface area contributed by atoms with Gasteiger partial charge in [-0.25, -0.2) is 8.78 Å². The molecule has 0 radical (unpaired) electrons. The van der Waals surface area contributed by atoms with Crippen molar-refractivity contribution in [1.82, 2.24) is 4.90 Å². The number of hydrogen-bond acceptors (Lipinski definition) is 2. The molecule has 0 spiro atoms. The van der Waals surface area contributed by atoms with Gasteiger partial charge in [0.1, 0.15) is 0 Å². The van der Waals surface area contributed by atoms with E-state index in [9.17, 15) is 18.4 Å². The van der Waals surface area contributed by atoms with Gasteiger partial charge >= 0.3 is 0 Å². The highest BCUT2D eigenvalue weighted by Crippen LogP contribution is 2.13. The summed E-state index contributed by atoms with van der Waals surface area (Å²) in [5.41, 5.74) is 0.198. The van der Waals surface area contributed by atoms with Gasteiger partial charge in [-0.3, -0.25) is 9.59 Å². The summed E-state index contributed by atoms with van der Waals surface area (Å²) in [6, 6.07) is 3.18. The predicted molar refractivity (Wildman–Crippen MR) is 81.4 cm³/mol. The number of halogens is 2. The number of nitrogens with one attached hydrogen (secondary N) is 1. The molecule has 22 heavy (non-hydrogen) atoms. The van der Waals surface area contributed by atoms with Gasteiger partial charge in [-0.15, -0.1) is 0 Å². The van der Waals surface area contributed by atoms with Crippen LogP contribution in [0.25, 0.3) is 0 Å². The largest absolute Gasteiger partial charge is 0.342 e. The smallest absolute Gasteiger partial charge is 0.226 e. The second-order valence-corrected chi connectivity index (χ2v) is 5.14. The molecule has 1 rings (SSSR count). The van der Waals surface area contributed by atoms with Gasteiger partial charge in [0.2, 0.25) is 11.8 Å². The van der Waals surface area contributed by atoms with Crippen LogP contribution in [0.2, 0.25) is 0 Å². The Bertz CT molecular complexity index is 521. The van der Waals surface area contributed by atoms with E-state index in [0.29, 0.717) is 13.1 Å². The Kier molecular flexibility index (Phi) is 7.49. The molecule has 0 bridgehead atoms. The summed E-state index contributed by atoms with van der Waals surface area (Å²) in [6.45, 7) is 4.49. The Hall–Kier alpha value is -1.98. The second kappa shape index (κ2) is 9.12. The lowest BCUT2D eigenvalue weighted by Crippen LogP contribution is -2.32. The lowest BCUT2D eigenvalue weighted by molar-refractivity contribution is -0.129. The van der Waals surface area contributed by atoms with Crippen LogP contribution in [-0.2, 0) is 9.59 Å². The van der Waals surface area contributed by atoms with Crippen LogP contribution in [0.1, 0.15) is 39.5 Å². The standard InChI is InChI=1S/C16H22F2N2O2/c1-3-4-5-9-20(12(2)21)10-8-16(22)19-13-6-7-14(17)15(18)11-13/h6-7,11H,3-5,8-10H2,1-2H3,(H,19,22). The molecule has 122 valence electrons. The van der Waals surface area contributed by atoms with Crippen molar-refractivity contribution in [1.29, 1.82) is 0 Å². The number of amides is 2. The summed E-state index contributed by atoms with van der Waals surface area (Å²) in [5.74, 6) is -2.39. The van der Waals surface area contributed by atoms with E-state index in [-0.39, 0.29) is 23.9 Å². The Morgan fingerprint density at radius 1 is 1.14 bits per heavy atom. The highest BCUT2D eigenvalue weighted by Gasteiger charge is 2.11. The summed E-state index contributed by atoms with van der Waals surface area (Å²) in [5, 5.41) is 2.49. The van der Waals surface area contributed by atoms with E-state index in [2.05, 4.69) is 12.2 Å². The normalized spacial score (nSPS) is 10.4. The highest BCUT2D eigenvalue weighted by atomic mass is 19.2. The van der Waals surface area contributed by atoms with Gasteiger partial charge in [0.15, 0.2) is 11.6 Å². The van der Waals surface area contributed by atoms with E-state index in [4.69, 9.17) is 0 Å². The van der Waals surface area contributed by atoms with Crippen LogP contribution in [0.4, 0.5) is 14.5 Å². The van der Waals surface area contributed by atoms with Crippen molar-refractivity contribution in [2.24, 2.45) is 0 Å². The zero-order valence-corrected chi connectivity index (χ0v) is 13.0. The van der Waals surface area contributed by atoms with Crippen LogP contribution in [-0.4, -0.2) is 29.8 Å². The lowest BCUT2D eigenvalue weighted by atomic mass is 10.2. The molecule has 0 unspecified atom stereocenters. The maximum absolute atomic E-state index is 13.0. The van der Waals surface area contributed by atoms with E-state index in [0.717, 1.165) is 31.4 Å². The predicted octanol–water partition coefficient (Wildman–Crippen LogP) is 3.33. The van der Waals surface area contributed by atoms with Crippen molar-refractivity contribution in [2.75, 3.05) is 18.4 Å². The Morgan fingerprint density at radius 3 is 2.45 bits per heavy atom. The minimum Gasteiger partial charge on any atom is -0.342 e. The molecule has 1 aromatic carbocycles. The molecule has 0 saturated heterocycles. The first kappa shape index (κ1) is 18.1. The van der Waals surface area contributed by atoms with Gasteiger partial charge in [0.05, 0.1) is 0 Å². The number of carbonyl (C=O) groups excluding carboxylic acids is 2. The molecular formula is C16H22F2N2O2. The summed E-state index contributed by atoms with van der Waals surface area (Å²) < 4.78 is 25.8. The van der Waals surface area contributed by atoms with Crippen LogP contribution < -0.4 is 5.32 Å². The molecule has 0 fully saturated rings. The van der Waals surface area contributed by atoms with E-state index >= 15 is 0 Å². The Morgan fingerprint density at radius 2 is 1.86 bits per heavy atom. The molecule has 0 saturated carbocycles. The third kappa shape index (κ3) is 6.20. The number of unbranched alkanes of at least 4 members (excludes halogenated alkanes) is 2. The number of rotatable bonds is 8. The molecule has 0 atom stereocenters. The maximum Gasteiger partial charge on any atom is 0.226 e. The molecule has 1 aromatic rings. The van der Waals surface area contributed by atoms with Gasteiger partial charge in [0.25, 0.3) is 0 Å². The van der Waals surface area contributed by atoms with Crippen LogP contribution in [0, 0.1) is 11.6 Å². The van der Waals surface area contributed by atoms with Gasteiger partial charge in [-0.2, -0.15) is 0 Å². The number of hydrogen-bond donors (Lipinski definition) is 1. The molecule has 0 aromatic heterocycles. The number of carbonyl (C=O) groups is 2. The topological polar surface area (TPSA) is 49.4 Å². The minimum absolute atomic E-state index is 0.0725. The first-order chi connectivity index (χ1) is 10.4. The van der Waals surface area contributed by atoms with Crippen molar-refractivity contribution < 1.29 is 18.4 Å². The average molecular weight is 312 g/mol. The third-order valence-electron chi connectivity index (χ3n) is 3.29. The summed E-state index contributed by atoms with van der Waals surface area (Å²) in [4.78, 5) is 24.9. The monoisotopic (exact) mass is 312 g/mol. The summed E-state index contributed by atoms with van der Waals surface area (Å²) in [7, 11) is 0. The quantitative estimate of drug-likeness (QED) is 0.749. The molecule has 0 aliphatic carbocycles. The molecule has 0 heterocycles. The van der Waals surface area contributed by atoms with Crippen molar-refractivity contribution in [2.45, 2.75) is 39.5 Å². The molecular weight excluding hydrogens is 290 g/mol. The SMILES string of the molecule is CCCCCN(CCC(=O)Nc1ccc(F)c(F)c1)C(C)=O. The summed E-state index contributed by atoms with van der Waals surface area (Å²) >= 11 is 0.